The normalized spacial score (nSPS) is 11.1. The van der Waals surface area contributed by atoms with E-state index in [1.54, 1.807) is 31.2 Å². The Morgan fingerprint density at radius 2 is 1.63 bits per heavy atom. The van der Waals surface area contributed by atoms with Crippen LogP contribution in [0, 0.1) is 0 Å². The summed E-state index contributed by atoms with van der Waals surface area (Å²) in [6.07, 6.45) is -4.37. The van der Waals surface area contributed by atoms with Gasteiger partial charge in [-0.3, -0.25) is 4.79 Å². The highest BCUT2D eigenvalue weighted by Crippen LogP contribution is 2.29. The first-order chi connectivity index (χ1) is 12.8. The molecular formula is C20H22F3NO3. The Kier molecular flexibility index (Phi) is 7.10. The highest BCUT2D eigenvalue weighted by Gasteiger charge is 2.30. The molecule has 0 bridgehead atoms. The van der Waals surface area contributed by atoms with Crippen molar-refractivity contribution in [2.45, 2.75) is 26.6 Å². The summed E-state index contributed by atoms with van der Waals surface area (Å²) in [7, 11) is 0. The number of benzene rings is 2. The fraction of sp³-hybridized carbons (Fsp3) is 0.350. The van der Waals surface area contributed by atoms with Crippen LogP contribution >= 0.6 is 0 Å². The SMILES string of the molecule is CCOc1cccc(OCC(=O)N(CC)Cc2ccc(C(F)(F)F)cc2)c1. The van der Waals surface area contributed by atoms with E-state index in [4.69, 9.17) is 9.47 Å². The van der Waals surface area contributed by atoms with Crippen LogP contribution in [0.15, 0.2) is 48.5 Å². The van der Waals surface area contributed by atoms with Crippen molar-refractivity contribution in [1.29, 1.82) is 0 Å². The number of rotatable bonds is 8. The summed E-state index contributed by atoms with van der Waals surface area (Å²) in [5.74, 6) is 0.915. The van der Waals surface area contributed by atoms with Gasteiger partial charge in [-0.2, -0.15) is 13.2 Å². The minimum atomic E-state index is -4.37. The zero-order chi connectivity index (χ0) is 19.9. The molecular weight excluding hydrogens is 359 g/mol. The van der Waals surface area contributed by atoms with Gasteiger partial charge in [0.25, 0.3) is 5.91 Å². The number of likely N-dealkylation sites (N-methyl/N-ethyl adjacent to an activating group) is 1. The maximum absolute atomic E-state index is 12.6. The van der Waals surface area contributed by atoms with Crippen molar-refractivity contribution >= 4 is 5.91 Å². The number of halogens is 3. The summed E-state index contributed by atoms with van der Waals surface area (Å²) in [6, 6.07) is 11.8. The number of nitrogens with zero attached hydrogens (tertiary/aromatic N) is 1. The van der Waals surface area contributed by atoms with E-state index >= 15 is 0 Å². The predicted octanol–water partition coefficient (Wildman–Crippen LogP) is 4.53. The molecule has 0 atom stereocenters. The maximum Gasteiger partial charge on any atom is 0.416 e. The van der Waals surface area contributed by atoms with Gasteiger partial charge in [0.15, 0.2) is 6.61 Å². The van der Waals surface area contributed by atoms with Crippen molar-refractivity contribution < 1.29 is 27.4 Å². The lowest BCUT2D eigenvalue weighted by Gasteiger charge is -2.21. The number of carbonyl (C=O) groups excluding carboxylic acids is 1. The molecule has 27 heavy (non-hydrogen) atoms. The Hall–Kier alpha value is -2.70. The Balaban J connectivity index is 1.94. The Morgan fingerprint density at radius 1 is 1.00 bits per heavy atom. The number of hydrogen-bond acceptors (Lipinski definition) is 3. The van der Waals surface area contributed by atoms with Crippen LogP contribution in [-0.2, 0) is 17.5 Å². The standard InChI is InChI=1S/C20H22F3NO3/c1-3-24(13-15-8-10-16(11-9-15)20(21,22)23)19(25)14-27-18-7-5-6-17(12-18)26-4-2/h5-12H,3-4,13-14H2,1-2H3. The second kappa shape index (κ2) is 9.30. The molecule has 2 aromatic rings. The van der Waals surface area contributed by atoms with Gasteiger partial charge in [0.2, 0.25) is 0 Å². The minimum Gasteiger partial charge on any atom is -0.494 e. The number of hydrogen-bond donors (Lipinski definition) is 0. The third-order valence-corrected chi connectivity index (χ3v) is 3.87. The van der Waals surface area contributed by atoms with Crippen LogP contribution < -0.4 is 9.47 Å². The number of ether oxygens (including phenoxy) is 2. The number of amides is 1. The highest BCUT2D eigenvalue weighted by atomic mass is 19.4. The molecule has 0 unspecified atom stereocenters. The van der Waals surface area contributed by atoms with Gasteiger partial charge in [-0.1, -0.05) is 18.2 Å². The van der Waals surface area contributed by atoms with Crippen molar-refractivity contribution in [1.82, 2.24) is 4.90 Å². The molecule has 0 saturated carbocycles. The summed E-state index contributed by atoms with van der Waals surface area (Å²) in [5.41, 5.74) is -0.0883. The van der Waals surface area contributed by atoms with E-state index in [2.05, 4.69) is 0 Å². The van der Waals surface area contributed by atoms with Crippen molar-refractivity contribution in [3.05, 3.63) is 59.7 Å². The molecule has 0 spiro atoms. The first-order valence-electron chi connectivity index (χ1n) is 8.63. The predicted molar refractivity (Wildman–Crippen MR) is 95.6 cm³/mol. The van der Waals surface area contributed by atoms with Gasteiger partial charge in [0.05, 0.1) is 12.2 Å². The molecule has 0 aromatic heterocycles. The molecule has 146 valence electrons. The molecule has 0 fully saturated rings. The third-order valence-electron chi connectivity index (χ3n) is 3.87. The zero-order valence-corrected chi connectivity index (χ0v) is 15.3. The van der Waals surface area contributed by atoms with Crippen molar-refractivity contribution in [3.8, 4) is 11.5 Å². The minimum absolute atomic E-state index is 0.163. The molecule has 0 aliphatic heterocycles. The quantitative estimate of drug-likeness (QED) is 0.674. The summed E-state index contributed by atoms with van der Waals surface area (Å²) < 4.78 is 48.8. The van der Waals surface area contributed by atoms with Crippen LogP contribution in [0.1, 0.15) is 25.0 Å². The van der Waals surface area contributed by atoms with E-state index < -0.39 is 11.7 Å². The second-order valence-electron chi connectivity index (χ2n) is 5.80. The lowest BCUT2D eigenvalue weighted by Crippen LogP contribution is -2.34. The van der Waals surface area contributed by atoms with Crippen LogP contribution in [0.4, 0.5) is 13.2 Å². The van der Waals surface area contributed by atoms with Crippen molar-refractivity contribution in [3.63, 3.8) is 0 Å². The molecule has 0 aliphatic carbocycles. The van der Waals surface area contributed by atoms with E-state index in [-0.39, 0.29) is 19.1 Å². The van der Waals surface area contributed by atoms with E-state index in [0.29, 0.717) is 30.2 Å². The van der Waals surface area contributed by atoms with E-state index in [1.165, 1.54) is 17.0 Å². The van der Waals surface area contributed by atoms with E-state index in [0.717, 1.165) is 12.1 Å². The fourth-order valence-corrected chi connectivity index (χ4v) is 2.45. The second-order valence-corrected chi connectivity index (χ2v) is 5.80. The molecule has 4 nitrogen and oxygen atoms in total. The summed E-state index contributed by atoms with van der Waals surface area (Å²) >= 11 is 0. The lowest BCUT2D eigenvalue weighted by atomic mass is 10.1. The largest absolute Gasteiger partial charge is 0.494 e. The third kappa shape index (κ3) is 6.20. The fourth-order valence-electron chi connectivity index (χ4n) is 2.45. The van der Waals surface area contributed by atoms with Crippen molar-refractivity contribution in [2.75, 3.05) is 19.8 Å². The maximum atomic E-state index is 12.6. The molecule has 0 saturated heterocycles. The van der Waals surface area contributed by atoms with Gasteiger partial charge >= 0.3 is 6.18 Å². The molecule has 7 heteroatoms. The molecule has 1 amide bonds. The topological polar surface area (TPSA) is 38.8 Å². The number of alkyl halides is 3. The first-order valence-corrected chi connectivity index (χ1v) is 8.63. The average molecular weight is 381 g/mol. The van der Waals surface area contributed by atoms with E-state index in [9.17, 15) is 18.0 Å². The van der Waals surface area contributed by atoms with Crippen LogP contribution in [0.5, 0.6) is 11.5 Å². The molecule has 0 N–H and O–H groups in total. The lowest BCUT2D eigenvalue weighted by molar-refractivity contribution is -0.137. The van der Waals surface area contributed by atoms with Gasteiger partial charge < -0.3 is 14.4 Å². The Morgan fingerprint density at radius 3 is 2.19 bits per heavy atom. The summed E-state index contributed by atoms with van der Waals surface area (Å²) in [5, 5.41) is 0. The van der Waals surface area contributed by atoms with Crippen LogP contribution in [-0.4, -0.2) is 30.6 Å². The average Bonchev–Trinajstić information content (AvgIpc) is 2.64. The Bertz CT molecular complexity index is 745. The molecule has 2 aromatic carbocycles. The van der Waals surface area contributed by atoms with Gasteiger partial charge in [0, 0.05) is 19.2 Å². The molecule has 0 aliphatic rings. The zero-order valence-electron chi connectivity index (χ0n) is 15.3. The van der Waals surface area contributed by atoms with Crippen molar-refractivity contribution in [2.24, 2.45) is 0 Å². The molecule has 2 rings (SSSR count). The van der Waals surface area contributed by atoms with Gasteiger partial charge in [-0.25, -0.2) is 0 Å². The molecule has 0 heterocycles. The van der Waals surface area contributed by atoms with Crippen LogP contribution in [0.3, 0.4) is 0 Å². The smallest absolute Gasteiger partial charge is 0.416 e. The number of carbonyl (C=O) groups is 1. The van der Waals surface area contributed by atoms with E-state index in [1.807, 2.05) is 6.92 Å². The summed E-state index contributed by atoms with van der Waals surface area (Å²) in [4.78, 5) is 13.9. The summed E-state index contributed by atoms with van der Waals surface area (Å²) in [6.45, 7) is 4.68. The van der Waals surface area contributed by atoms with Gasteiger partial charge in [-0.15, -0.1) is 0 Å². The van der Waals surface area contributed by atoms with Gasteiger partial charge in [-0.05, 0) is 43.7 Å². The molecule has 0 radical (unpaired) electrons. The van der Waals surface area contributed by atoms with Gasteiger partial charge in [0.1, 0.15) is 11.5 Å². The monoisotopic (exact) mass is 381 g/mol. The highest BCUT2D eigenvalue weighted by molar-refractivity contribution is 5.77. The first kappa shape index (κ1) is 20.6. The van der Waals surface area contributed by atoms with Crippen LogP contribution in [0.25, 0.3) is 0 Å². The van der Waals surface area contributed by atoms with Crippen LogP contribution in [0.2, 0.25) is 0 Å². The Labute approximate surface area is 156 Å².